The number of pyridine rings is 1. The first-order chi connectivity index (χ1) is 11.8. The Hall–Kier alpha value is -2.62. The summed E-state index contributed by atoms with van der Waals surface area (Å²) in [5, 5.41) is 12.5. The van der Waals surface area contributed by atoms with E-state index in [1.165, 1.54) is 20.1 Å². The van der Waals surface area contributed by atoms with Crippen LogP contribution in [0, 0.1) is 30.1 Å². The molecule has 1 aromatic rings. The van der Waals surface area contributed by atoms with E-state index in [2.05, 4.69) is 30.2 Å². The van der Waals surface area contributed by atoms with Gasteiger partial charge >= 0.3 is 5.97 Å². The van der Waals surface area contributed by atoms with Crippen molar-refractivity contribution in [2.45, 2.75) is 33.7 Å². The molecule has 7 nitrogen and oxygen atoms in total. The maximum Gasteiger partial charge on any atom is 0.339 e. The fourth-order valence-electron chi connectivity index (χ4n) is 3.32. The second-order valence-electron chi connectivity index (χ2n) is 6.72. The monoisotopic (exact) mass is 344 g/mol. The summed E-state index contributed by atoms with van der Waals surface area (Å²) in [7, 11) is 1.30. The minimum absolute atomic E-state index is 0.00596. The number of amides is 1. The van der Waals surface area contributed by atoms with Gasteiger partial charge in [-0.1, -0.05) is 13.8 Å². The lowest BCUT2D eigenvalue weighted by atomic mass is 9.91. The van der Waals surface area contributed by atoms with Crippen LogP contribution in [0.3, 0.4) is 0 Å². The molecule has 0 aromatic carbocycles. The summed E-state index contributed by atoms with van der Waals surface area (Å²) >= 11 is 0. The number of nitrogens with zero attached hydrogens (tertiary/aromatic N) is 3. The number of ether oxygens (including phenoxy) is 1. The standard InChI is InChI=1S/C18H24N4O3/c1-10(2)15-8-22(9-16(15)21-12(4)23)17-13(7-19)6-14(11(3)20-17)18(24)25-5/h6,10,15-16H,8-9H2,1-5H3,(H,21,23)/t15-,16+/m0/s1. The van der Waals surface area contributed by atoms with Crippen LogP contribution in [0.1, 0.15) is 42.4 Å². The molecule has 1 aliphatic rings. The lowest BCUT2D eigenvalue weighted by Gasteiger charge is -2.21. The normalized spacial score (nSPS) is 19.6. The van der Waals surface area contributed by atoms with Crippen molar-refractivity contribution in [3.8, 4) is 6.07 Å². The van der Waals surface area contributed by atoms with E-state index in [-0.39, 0.29) is 17.9 Å². The smallest absolute Gasteiger partial charge is 0.339 e. The van der Waals surface area contributed by atoms with Crippen LogP contribution in [-0.2, 0) is 9.53 Å². The van der Waals surface area contributed by atoms with Crippen LogP contribution >= 0.6 is 0 Å². The van der Waals surface area contributed by atoms with Crippen molar-refractivity contribution in [1.29, 1.82) is 5.26 Å². The van der Waals surface area contributed by atoms with Gasteiger partial charge in [-0.25, -0.2) is 9.78 Å². The van der Waals surface area contributed by atoms with Crippen LogP contribution < -0.4 is 10.2 Å². The largest absolute Gasteiger partial charge is 0.465 e. The van der Waals surface area contributed by atoms with Crippen molar-refractivity contribution < 1.29 is 14.3 Å². The molecule has 2 atom stereocenters. The number of aromatic nitrogens is 1. The van der Waals surface area contributed by atoms with Crippen molar-refractivity contribution in [2.75, 3.05) is 25.1 Å². The number of nitriles is 1. The summed E-state index contributed by atoms with van der Waals surface area (Å²) in [5.74, 6) is 0.612. The van der Waals surface area contributed by atoms with E-state index in [0.29, 0.717) is 41.6 Å². The van der Waals surface area contributed by atoms with Crippen LogP contribution in [0.4, 0.5) is 5.82 Å². The second-order valence-corrected chi connectivity index (χ2v) is 6.72. The van der Waals surface area contributed by atoms with E-state index in [4.69, 9.17) is 4.74 Å². The molecule has 0 unspecified atom stereocenters. The summed E-state index contributed by atoms with van der Waals surface area (Å²) in [5.41, 5.74) is 1.14. The molecule has 0 radical (unpaired) electrons. The highest BCUT2D eigenvalue weighted by atomic mass is 16.5. The molecular formula is C18H24N4O3. The third-order valence-electron chi connectivity index (χ3n) is 4.63. The number of nitrogens with one attached hydrogen (secondary N) is 1. The zero-order valence-corrected chi connectivity index (χ0v) is 15.3. The van der Waals surface area contributed by atoms with Crippen LogP contribution in [0.2, 0.25) is 0 Å². The van der Waals surface area contributed by atoms with Gasteiger partial charge in [-0.2, -0.15) is 5.26 Å². The van der Waals surface area contributed by atoms with Gasteiger partial charge in [-0.05, 0) is 18.9 Å². The molecule has 2 heterocycles. The molecule has 7 heteroatoms. The molecule has 0 spiro atoms. The highest BCUT2D eigenvalue weighted by molar-refractivity contribution is 5.91. The molecule has 1 N–H and O–H groups in total. The summed E-state index contributed by atoms with van der Waals surface area (Å²) in [4.78, 5) is 29.8. The van der Waals surface area contributed by atoms with Crippen LogP contribution in [-0.4, -0.2) is 43.1 Å². The Bertz CT molecular complexity index is 724. The summed E-state index contributed by atoms with van der Waals surface area (Å²) in [6, 6.07) is 3.65. The van der Waals surface area contributed by atoms with E-state index >= 15 is 0 Å². The van der Waals surface area contributed by atoms with E-state index in [9.17, 15) is 14.9 Å². The SMILES string of the molecule is COC(=O)c1cc(C#N)c(N2C[C@@H](NC(C)=O)[C@H](C(C)C)C2)nc1C. The van der Waals surface area contributed by atoms with Gasteiger partial charge in [0.1, 0.15) is 11.9 Å². The molecule has 1 fully saturated rings. The van der Waals surface area contributed by atoms with E-state index < -0.39 is 5.97 Å². The van der Waals surface area contributed by atoms with Gasteiger partial charge in [0.25, 0.3) is 0 Å². The maximum atomic E-state index is 11.8. The Balaban J connectivity index is 2.38. The van der Waals surface area contributed by atoms with Gasteiger partial charge in [-0.15, -0.1) is 0 Å². The van der Waals surface area contributed by atoms with Crippen molar-refractivity contribution in [3.63, 3.8) is 0 Å². The highest BCUT2D eigenvalue weighted by Crippen LogP contribution is 2.30. The second kappa shape index (κ2) is 7.51. The molecule has 0 aliphatic carbocycles. The van der Waals surface area contributed by atoms with Gasteiger partial charge < -0.3 is 15.0 Å². The molecule has 134 valence electrons. The van der Waals surface area contributed by atoms with Crippen LogP contribution in [0.15, 0.2) is 6.07 Å². The number of anilines is 1. The Morgan fingerprint density at radius 3 is 2.64 bits per heavy atom. The predicted molar refractivity (Wildman–Crippen MR) is 93.2 cm³/mol. The van der Waals surface area contributed by atoms with Gasteiger partial charge in [0.15, 0.2) is 0 Å². The van der Waals surface area contributed by atoms with Crippen LogP contribution in [0.25, 0.3) is 0 Å². The fraction of sp³-hybridized carbons (Fsp3) is 0.556. The number of hydrogen-bond donors (Lipinski definition) is 1. The molecule has 1 saturated heterocycles. The number of methoxy groups -OCH3 is 1. The Labute approximate surface area is 148 Å². The summed E-state index contributed by atoms with van der Waals surface area (Å²) in [6.45, 7) is 8.75. The molecule has 25 heavy (non-hydrogen) atoms. The predicted octanol–water partition coefficient (Wildman–Crippen LogP) is 1.65. The lowest BCUT2D eigenvalue weighted by Crippen LogP contribution is -2.40. The summed E-state index contributed by atoms with van der Waals surface area (Å²) < 4.78 is 4.74. The van der Waals surface area contributed by atoms with E-state index in [1.54, 1.807) is 6.92 Å². The number of esters is 1. The fourth-order valence-corrected chi connectivity index (χ4v) is 3.32. The first-order valence-electron chi connectivity index (χ1n) is 8.30. The minimum Gasteiger partial charge on any atom is -0.465 e. The average Bonchev–Trinajstić information content (AvgIpc) is 2.97. The maximum absolute atomic E-state index is 11.8. The quantitative estimate of drug-likeness (QED) is 0.835. The van der Waals surface area contributed by atoms with Gasteiger partial charge in [0.2, 0.25) is 5.91 Å². The molecular weight excluding hydrogens is 320 g/mol. The van der Waals surface area contributed by atoms with E-state index in [0.717, 1.165) is 0 Å². The average molecular weight is 344 g/mol. The molecule has 1 aliphatic heterocycles. The Kier molecular flexibility index (Phi) is 5.62. The summed E-state index contributed by atoms with van der Waals surface area (Å²) in [6.07, 6.45) is 0. The van der Waals surface area contributed by atoms with Crippen molar-refractivity contribution >= 4 is 17.7 Å². The van der Waals surface area contributed by atoms with Crippen molar-refractivity contribution in [3.05, 3.63) is 22.9 Å². The topological polar surface area (TPSA) is 95.3 Å². The molecule has 1 aromatic heterocycles. The van der Waals surface area contributed by atoms with Gasteiger partial charge in [-0.3, -0.25) is 4.79 Å². The molecule has 2 rings (SSSR count). The molecule has 0 saturated carbocycles. The minimum atomic E-state index is -0.509. The highest BCUT2D eigenvalue weighted by Gasteiger charge is 2.37. The van der Waals surface area contributed by atoms with E-state index in [1.807, 2.05) is 4.90 Å². The lowest BCUT2D eigenvalue weighted by molar-refractivity contribution is -0.119. The van der Waals surface area contributed by atoms with Gasteiger partial charge in [0, 0.05) is 25.9 Å². The number of aryl methyl sites for hydroxylation is 1. The Morgan fingerprint density at radius 1 is 1.44 bits per heavy atom. The molecule has 0 bridgehead atoms. The van der Waals surface area contributed by atoms with Crippen molar-refractivity contribution in [2.24, 2.45) is 11.8 Å². The zero-order chi connectivity index (χ0) is 18.7. The molecule has 1 amide bonds. The number of carbonyl (C=O) groups excluding carboxylic acids is 2. The van der Waals surface area contributed by atoms with Gasteiger partial charge in [0.05, 0.1) is 30.0 Å². The zero-order valence-electron chi connectivity index (χ0n) is 15.3. The number of rotatable bonds is 4. The Morgan fingerprint density at radius 2 is 2.12 bits per heavy atom. The third-order valence-corrected chi connectivity index (χ3v) is 4.63. The number of hydrogen-bond acceptors (Lipinski definition) is 6. The first kappa shape index (κ1) is 18.7. The third kappa shape index (κ3) is 3.90. The van der Waals surface area contributed by atoms with Crippen LogP contribution in [0.5, 0.6) is 0 Å². The number of carbonyl (C=O) groups is 2. The first-order valence-corrected chi connectivity index (χ1v) is 8.30. The van der Waals surface area contributed by atoms with Crippen molar-refractivity contribution in [1.82, 2.24) is 10.3 Å².